The van der Waals surface area contributed by atoms with Gasteiger partial charge < -0.3 is 19.9 Å². The number of rotatable bonds is 7. The quantitative estimate of drug-likeness (QED) is 0.561. The summed E-state index contributed by atoms with van der Waals surface area (Å²) in [7, 11) is 1.83. The zero-order valence-electron chi connectivity index (χ0n) is 16.9. The average Bonchev–Trinajstić information content (AvgIpc) is 3.23. The number of aromatic nitrogens is 3. The molecule has 152 valence electrons. The Morgan fingerprint density at radius 3 is 2.68 bits per heavy atom. The summed E-state index contributed by atoms with van der Waals surface area (Å²) in [4.78, 5) is 18.0. The minimum absolute atomic E-state index is 0.675. The first kappa shape index (κ1) is 20.3. The van der Waals surface area contributed by atoms with Gasteiger partial charge in [-0.3, -0.25) is 4.99 Å². The highest BCUT2D eigenvalue weighted by Crippen LogP contribution is 2.19. The third-order valence-electron chi connectivity index (χ3n) is 4.54. The summed E-state index contributed by atoms with van der Waals surface area (Å²) < 4.78 is 9.92. The van der Waals surface area contributed by atoms with Crippen LogP contribution < -0.4 is 15.0 Å². The van der Waals surface area contributed by atoms with Gasteiger partial charge in [-0.25, -0.2) is 9.97 Å². The Labute approximate surface area is 170 Å². The van der Waals surface area contributed by atoms with Gasteiger partial charge in [0.15, 0.2) is 5.96 Å². The van der Waals surface area contributed by atoms with E-state index in [-0.39, 0.29) is 0 Å². The molecule has 2 aromatic rings. The fourth-order valence-electron chi connectivity index (χ4n) is 2.95. The smallest absolute Gasteiger partial charge is 0.213 e. The topological polar surface area (TPSA) is 78.8 Å². The van der Waals surface area contributed by atoms with Crippen molar-refractivity contribution in [2.45, 2.75) is 33.2 Å². The Balaban J connectivity index is 1.48. The predicted octanol–water partition coefficient (Wildman–Crippen LogP) is 2.18. The van der Waals surface area contributed by atoms with Crippen molar-refractivity contribution in [3.05, 3.63) is 29.7 Å². The van der Waals surface area contributed by atoms with Gasteiger partial charge in [0.1, 0.15) is 5.82 Å². The molecule has 0 bridgehead atoms. The first-order chi connectivity index (χ1) is 13.7. The molecule has 2 aromatic heterocycles. The Bertz CT molecular complexity index is 754. The van der Waals surface area contributed by atoms with Crippen molar-refractivity contribution in [1.29, 1.82) is 0 Å². The number of nitrogens with one attached hydrogen (secondary N) is 1. The highest BCUT2D eigenvalue weighted by atomic mass is 32.1. The van der Waals surface area contributed by atoms with Crippen LogP contribution in [0.1, 0.15) is 31.7 Å². The molecule has 1 aliphatic heterocycles. The minimum atomic E-state index is 0.675. The molecule has 1 aliphatic rings. The van der Waals surface area contributed by atoms with Crippen LogP contribution in [-0.4, -0.2) is 65.0 Å². The van der Waals surface area contributed by atoms with Crippen LogP contribution in [0.2, 0.25) is 0 Å². The van der Waals surface area contributed by atoms with Gasteiger partial charge in [-0.05, 0) is 12.0 Å². The number of piperazine rings is 1. The van der Waals surface area contributed by atoms with E-state index in [1.165, 1.54) is 11.5 Å². The average molecular weight is 404 g/mol. The number of guanidine groups is 1. The lowest BCUT2D eigenvalue weighted by Crippen LogP contribution is -2.52. The van der Waals surface area contributed by atoms with Crippen LogP contribution in [0.15, 0.2) is 23.3 Å². The second-order valence-corrected chi connectivity index (χ2v) is 7.31. The molecule has 0 saturated carbocycles. The van der Waals surface area contributed by atoms with Crippen molar-refractivity contribution in [3.63, 3.8) is 0 Å². The third-order valence-corrected chi connectivity index (χ3v) is 5.35. The lowest BCUT2D eigenvalue weighted by molar-refractivity contribution is 0.305. The summed E-state index contributed by atoms with van der Waals surface area (Å²) in [5, 5.41) is 4.46. The Morgan fingerprint density at radius 1 is 1.25 bits per heavy atom. The van der Waals surface area contributed by atoms with E-state index in [0.29, 0.717) is 19.0 Å². The van der Waals surface area contributed by atoms with E-state index in [1.807, 2.05) is 25.4 Å². The number of hydrogen-bond donors (Lipinski definition) is 1. The van der Waals surface area contributed by atoms with Crippen molar-refractivity contribution < 1.29 is 4.74 Å². The van der Waals surface area contributed by atoms with Gasteiger partial charge >= 0.3 is 0 Å². The van der Waals surface area contributed by atoms with Crippen molar-refractivity contribution in [3.8, 4) is 5.88 Å². The summed E-state index contributed by atoms with van der Waals surface area (Å²) >= 11 is 1.49. The van der Waals surface area contributed by atoms with Gasteiger partial charge in [-0.1, -0.05) is 19.9 Å². The molecule has 28 heavy (non-hydrogen) atoms. The van der Waals surface area contributed by atoms with Crippen molar-refractivity contribution in [2.75, 3.05) is 44.7 Å². The molecule has 1 N–H and O–H groups in total. The molecular formula is C19H29N7OS. The number of nitrogens with zero attached hydrogens (tertiary/aromatic N) is 6. The maximum atomic E-state index is 5.53. The van der Waals surface area contributed by atoms with E-state index in [0.717, 1.165) is 61.5 Å². The van der Waals surface area contributed by atoms with E-state index in [2.05, 4.69) is 48.3 Å². The number of aryl methyl sites for hydroxylation is 1. The van der Waals surface area contributed by atoms with E-state index in [9.17, 15) is 0 Å². The molecule has 0 radical (unpaired) electrons. The number of ether oxygens (including phenoxy) is 1. The molecule has 3 rings (SSSR count). The van der Waals surface area contributed by atoms with Crippen molar-refractivity contribution in [2.24, 2.45) is 4.99 Å². The molecule has 0 spiro atoms. The summed E-state index contributed by atoms with van der Waals surface area (Å²) in [5.41, 5.74) is 1.10. The van der Waals surface area contributed by atoms with Gasteiger partial charge in [-0.2, -0.15) is 4.37 Å². The highest BCUT2D eigenvalue weighted by Gasteiger charge is 2.22. The van der Waals surface area contributed by atoms with Crippen LogP contribution in [0.25, 0.3) is 0 Å². The monoisotopic (exact) mass is 403 g/mol. The second kappa shape index (κ2) is 10.2. The standard InChI is InChI=1S/C19H29N7OS/c1-4-12-27-17-7-6-15(13-21-17)14-22-18(20-3)25-8-10-26(11-9-25)19-23-16(5-2)24-28-19/h6-7,13H,4-5,8-12,14H2,1-3H3,(H,20,22). The molecule has 0 aliphatic carbocycles. The van der Waals surface area contributed by atoms with Crippen LogP contribution in [-0.2, 0) is 13.0 Å². The molecular weight excluding hydrogens is 374 g/mol. The zero-order chi connectivity index (χ0) is 19.8. The SMILES string of the molecule is CCCOc1ccc(CNC(=NC)N2CCN(c3nc(CC)ns3)CC2)cn1. The van der Waals surface area contributed by atoms with Crippen LogP contribution in [0.4, 0.5) is 5.13 Å². The first-order valence-corrected chi connectivity index (χ1v) is 10.6. The number of aliphatic imine (C=N–C) groups is 1. The fraction of sp³-hybridized carbons (Fsp3) is 0.579. The summed E-state index contributed by atoms with van der Waals surface area (Å²) in [6.45, 7) is 9.20. The van der Waals surface area contributed by atoms with Crippen molar-refractivity contribution in [1.82, 2.24) is 24.6 Å². The molecule has 8 nitrogen and oxygen atoms in total. The van der Waals surface area contributed by atoms with Gasteiger partial charge in [0.05, 0.1) is 6.61 Å². The van der Waals surface area contributed by atoms with E-state index in [4.69, 9.17) is 4.74 Å². The Morgan fingerprint density at radius 2 is 2.07 bits per heavy atom. The van der Waals surface area contributed by atoms with E-state index >= 15 is 0 Å². The third kappa shape index (κ3) is 5.31. The van der Waals surface area contributed by atoms with Gasteiger partial charge in [0.2, 0.25) is 11.0 Å². The first-order valence-electron chi connectivity index (χ1n) is 9.84. The largest absolute Gasteiger partial charge is 0.478 e. The normalized spacial score (nSPS) is 15.0. The van der Waals surface area contributed by atoms with Gasteiger partial charge in [0.25, 0.3) is 0 Å². The maximum Gasteiger partial charge on any atom is 0.213 e. The Hall–Kier alpha value is -2.42. The van der Waals surface area contributed by atoms with Crippen LogP contribution >= 0.6 is 11.5 Å². The maximum absolute atomic E-state index is 5.53. The Kier molecular flexibility index (Phi) is 7.41. The molecule has 0 unspecified atom stereocenters. The molecule has 0 atom stereocenters. The predicted molar refractivity (Wildman–Crippen MR) is 113 cm³/mol. The second-order valence-electron chi connectivity index (χ2n) is 6.57. The van der Waals surface area contributed by atoms with Crippen molar-refractivity contribution >= 4 is 22.6 Å². The minimum Gasteiger partial charge on any atom is -0.478 e. The summed E-state index contributed by atoms with van der Waals surface area (Å²) in [6.07, 6.45) is 3.71. The van der Waals surface area contributed by atoms with Gasteiger partial charge in [-0.15, -0.1) is 0 Å². The van der Waals surface area contributed by atoms with E-state index < -0.39 is 0 Å². The van der Waals surface area contributed by atoms with E-state index in [1.54, 1.807) is 0 Å². The van der Waals surface area contributed by atoms with Crippen LogP contribution in [0.5, 0.6) is 5.88 Å². The zero-order valence-corrected chi connectivity index (χ0v) is 17.7. The van der Waals surface area contributed by atoms with Gasteiger partial charge in [0, 0.05) is 70.0 Å². The molecule has 0 aromatic carbocycles. The summed E-state index contributed by atoms with van der Waals surface area (Å²) in [5.74, 6) is 2.52. The number of hydrogen-bond acceptors (Lipinski definition) is 7. The number of anilines is 1. The molecule has 1 saturated heterocycles. The molecule has 9 heteroatoms. The lowest BCUT2D eigenvalue weighted by Gasteiger charge is -2.36. The number of pyridine rings is 1. The molecule has 0 amide bonds. The van der Waals surface area contributed by atoms with Crippen LogP contribution in [0, 0.1) is 0 Å². The molecule has 3 heterocycles. The summed E-state index contributed by atoms with van der Waals surface area (Å²) in [6, 6.07) is 3.96. The van der Waals surface area contributed by atoms with Crippen LogP contribution in [0.3, 0.4) is 0 Å². The molecule has 1 fully saturated rings. The fourth-order valence-corrected chi connectivity index (χ4v) is 3.75. The highest BCUT2D eigenvalue weighted by molar-refractivity contribution is 7.09. The lowest BCUT2D eigenvalue weighted by atomic mass is 10.3.